The van der Waals surface area contributed by atoms with Gasteiger partial charge in [0.05, 0.1) is 0 Å². The molecule has 0 N–H and O–H groups in total. The van der Waals surface area contributed by atoms with E-state index in [9.17, 15) is 0 Å². The third-order valence-electron chi connectivity index (χ3n) is 11.3. The van der Waals surface area contributed by atoms with E-state index in [1.807, 2.05) is 36.4 Å². The lowest BCUT2D eigenvalue weighted by molar-refractivity contribution is 0.668. The van der Waals surface area contributed by atoms with Crippen molar-refractivity contribution in [1.82, 2.24) is 15.0 Å². The van der Waals surface area contributed by atoms with Crippen LogP contribution in [0.15, 0.2) is 197 Å². The lowest BCUT2D eigenvalue weighted by Gasteiger charge is -2.14. The van der Waals surface area contributed by atoms with E-state index in [0.717, 1.165) is 104 Å². The summed E-state index contributed by atoms with van der Waals surface area (Å²) in [7, 11) is 0. The number of para-hydroxylation sites is 1. The Kier molecular flexibility index (Phi) is 7.16. The molecule has 0 saturated carbocycles. The molecule has 0 saturated heterocycles. The monoisotopic (exact) mass is 741 g/mol. The molecule has 0 aliphatic carbocycles. The standard InChI is InChI=1S/C53H31N3O2/c1-2-12-32(13-3-1)35-26-27-43-48(31-35)58-46-22-10-19-40(49(43)46)39-28-29-41(38-17-7-6-16-37(38)39)52-54-51(36-25-24-33-14-4-5-15-34(33)30-36)55-53(56-52)44-20-11-23-47-50(44)42-18-8-9-21-45(42)57-47/h1-31H. The van der Waals surface area contributed by atoms with Crippen LogP contribution in [0.25, 0.3) is 122 Å². The molecule has 0 bridgehead atoms. The predicted molar refractivity (Wildman–Crippen MR) is 237 cm³/mol. The van der Waals surface area contributed by atoms with Gasteiger partial charge in [0.25, 0.3) is 0 Å². The highest BCUT2D eigenvalue weighted by molar-refractivity contribution is 6.17. The molecule has 3 aromatic heterocycles. The van der Waals surface area contributed by atoms with Crippen LogP contribution < -0.4 is 0 Å². The second kappa shape index (κ2) is 12.8. The minimum Gasteiger partial charge on any atom is -0.456 e. The Labute approximate surface area is 332 Å². The average Bonchev–Trinajstić information content (AvgIpc) is 3.87. The van der Waals surface area contributed by atoms with Crippen molar-refractivity contribution in [1.29, 1.82) is 0 Å². The topological polar surface area (TPSA) is 65.0 Å². The molecular formula is C53H31N3O2. The maximum atomic E-state index is 6.54. The zero-order valence-electron chi connectivity index (χ0n) is 31.1. The van der Waals surface area contributed by atoms with E-state index >= 15 is 0 Å². The van der Waals surface area contributed by atoms with Crippen molar-refractivity contribution in [2.75, 3.05) is 0 Å². The maximum absolute atomic E-state index is 6.54. The number of hydrogen-bond donors (Lipinski definition) is 0. The first-order chi connectivity index (χ1) is 28.7. The highest BCUT2D eigenvalue weighted by Crippen LogP contribution is 2.43. The van der Waals surface area contributed by atoms with Gasteiger partial charge >= 0.3 is 0 Å². The molecular weight excluding hydrogens is 711 g/mol. The Morgan fingerprint density at radius 2 is 0.845 bits per heavy atom. The van der Waals surface area contributed by atoms with Crippen LogP contribution in [0.3, 0.4) is 0 Å². The van der Waals surface area contributed by atoms with Crippen molar-refractivity contribution >= 4 is 65.4 Å². The second-order valence-corrected chi connectivity index (χ2v) is 14.7. The summed E-state index contributed by atoms with van der Waals surface area (Å²) < 4.78 is 12.8. The van der Waals surface area contributed by atoms with Crippen molar-refractivity contribution in [3.63, 3.8) is 0 Å². The number of aromatic nitrogens is 3. The first kappa shape index (κ1) is 32.4. The van der Waals surface area contributed by atoms with Crippen LogP contribution in [0.4, 0.5) is 0 Å². The van der Waals surface area contributed by atoms with Crippen molar-refractivity contribution < 1.29 is 8.83 Å². The third kappa shape index (κ3) is 5.14. The van der Waals surface area contributed by atoms with Crippen molar-refractivity contribution in [2.24, 2.45) is 0 Å². The van der Waals surface area contributed by atoms with Gasteiger partial charge in [-0.25, -0.2) is 15.0 Å². The first-order valence-corrected chi connectivity index (χ1v) is 19.4. The minimum absolute atomic E-state index is 0.586. The largest absolute Gasteiger partial charge is 0.456 e. The number of rotatable bonds is 5. The van der Waals surface area contributed by atoms with E-state index in [4.69, 9.17) is 23.8 Å². The molecule has 12 aromatic rings. The zero-order chi connectivity index (χ0) is 38.2. The Balaban J connectivity index is 1.07. The maximum Gasteiger partial charge on any atom is 0.164 e. The van der Waals surface area contributed by atoms with Gasteiger partial charge in [0, 0.05) is 38.2 Å². The summed E-state index contributed by atoms with van der Waals surface area (Å²) in [5.74, 6) is 1.79. The van der Waals surface area contributed by atoms with Gasteiger partial charge in [0.2, 0.25) is 0 Å². The van der Waals surface area contributed by atoms with Crippen LogP contribution in [0, 0.1) is 0 Å². The lowest BCUT2D eigenvalue weighted by Crippen LogP contribution is -2.01. The molecule has 0 fully saturated rings. The molecule has 12 rings (SSSR count). The van der Waals surface area contributed by atoms with E-state index in [2.05, 4.69) is 152 Å². The number of nitrogens with zero attached hydrogens (tertiary/aromatic N) is 3. The summed E-state index contributed by atoms with van der Waals surface area (Å²) in [6.07, 6.45) is 0. The Hall–Kier alpha value is -7.89. The number of benzene rings is 9. The molecule has 0 unspecified atom stereocenters. The summed E-state index contributed by atoms with van der Waals surface area (Å²) in [5, 5.41) is 8.61. The number of furan rings is 2. The predicted octanol–water partition coefficient (Wildman–Crippen LogP) is 14.3. The summed E-state index contributed by atoms with van der Waals surface area (Å²) in [4.78, 5) is 15.7. The highest BCUT2D eigenvalue weighted by Gasteiger charge is 2.21. The van der Waals surface area contributed by atoms with Crippen LogP contribution in [0.1, 0.15) is 0 Å². The molecule has 5 nitrogen and oxygen atoms in total. The van der Waals surface area contributed by atoms with Crippen molar-refractivity contribution in [3.8, 4) is 56.4 Å². The zero-order valence-corrected chi connectivity index (χ0v) is 31.1. The summed E-state index contributed by atoms with van der Waals surface area (Å²) in [6.45, 7) is 0. The fraction of sp³-hybridized carbons (Fsp3) is 0. The number of fused-ring (bicyclic) bond motifs is 8. The van der Waals surface area contributed by atoms with Crippen LogP contribution in [-0.2, 0) is 0 Å². The lowest BCUT2D eigenvalue weighted by atomic mass is 9.92. The fourth-order valence-electron chi connectivity index (χ4n) is 8.62. The normalized spacial score (nSPS) is 11.8. The minimum atomic E-state index is 0.586. The van der Waals surface area contributed by atoms with Crippen LogP contribution in [0.5, 0.6) is 0 Å². The van der Waals surface area contributed by atoms with Gasteiger partial charge in [-0.3, -0.25) is 0 Å². The molecule has 0 atom stereocenters. The Morgan fingerprint density at radius 1 is 0.276 bits per heavy atom. The van der Waals surface area contributed by atoms with E-state index < -0.39 is 0 Å². The Bertz CT molecular complexity index is 3580. The molecule has 5 heteroatoms. The molecule has 3 heterocycles. The highest BCUT2D eigenvalue weighted by atomic mass is 16.3. The molecule has 0 aliphatic rings. The van der Waals surface area contributed by atoms with Crippen molar-refractivity contribution in [3.05, 3.63) is 188 Å². The van der Waals surface area contributed by atoms with E-state index in [1.165, 1.54) is 0 Å². The van der Waals surface area contributed by atoms with Crippen LogP contribution in [0.2, 0.25) is 0 Å². The fourth-order valence-corrected chi connectivity index (χ4v) is 8.62. The van der Waals surface area contributed by atoms with E-state index in [1.54, 1.807) is 0 Å². The van der Waals surface area contributed by atoms with Crippen LogP contribution >= 0.6 is 0 Å². The SMILES string of the molecule is c1ccc(-c2ccc3c(c2)oc2cccc(-c4ccc(-c5nc(-c6ccc7ccccc7c6)nc(-c6cccc7oc8ccccc8c67)n5)c5ccccc45)c23)cc1. The second-order valence-electron chi connectivity index (χ2n) is 14.7. The van der Waals surface area contributed by atoms with Gasteiger partial charge < -0.3 is 8.83 Å². The van der Waals surface area contributed by atoms with Gasteiger partial charge in [-0.2, -0.15) is 0 Å². The average molecular weight is 742 g/mol. The number of hydrogen-bond acceptors (Lipinski definition) is 5. The molecule has 0 spiro atoms. The molecule has 0 aliphatic heterocycles. The third-order valence-corrected chi connectivity index (χ3v) is 11.3. The van der Waals surface area contributed by atoms with Gasteiger partial charge in [-0.1, -0.05) is 146 Å². The Morgan fingerprint density at radius 3 is 1.67 bits per heavy atom. The molecule has 9 aromatic carbocycles. The summed E-state index contributed by atoms with van der Waals surface area (Å²) in [6, 6.07) is 65.1. The summed E-state index contributed by atoms with van der Waals surface area (Å²) in [5.41, 5.74) is 10.6. The van der Waals surface area contributed by atoms with Gasteiger partial charge in [-0.05, 0) is 86.3 Å². The van der Waals surface area contributed by atoms with Crippen molar-refractivity contribution in [2.45, 2.75) is 0 Å². The van der Waals surface area contributed by atoms with E-state index in [0.29, 0.717) is 17.5 Å². The van der Waals surface area contributed by atoms with Gasteiger partial charge in [0.15, 0.2) is 17.5 Å². The van der Waals surface area contributed by atoms with E-state index in [-0.39, 0.29) is 0 Å². The molecule has 58 heavy (non-hydrogen) atoms. The van der Waals surface area contributed by atoms with Crippen LogP contribution in [-0.4, -0.2) is 15.0 Å². The molecule has 270 valence electrons. The first-order valence-electron chi connectivity index (χ1n) is 19.4. The smallest absolute Gasteiger partial charge is 0.164 e. The molecule has 0 radical (unpaired) electrons. The van der Waals surface area contributed by atoms with Gasteiger partial charge in [0.1, 0.15) is 22.3 Å². The summed E-state index contributed by atoms with van der Waals surface area (Å²) >= 11 is 0. The van der Waals surface area contributed by atoms with Gasteiger partial charge in [-0.15, -0.1) is 0 Å². The molecule has 0 amide bonds. The quantitative estimate of drug-likeness (QED) is 0.176.